The highest BCUT2D eigenvalue weighted by Crippen LogP contribution is 2.44. The Morgan fingerprint density at radius 1 is 1.30 bits per heavy atom. The Hall–Kier alpha value is -1.91. The molecule has 0 radical (unpaired) electrons. The second-order valence-electron chi connectivity index (χ2n) is 5.31. The lowest BCUT2D eigenvalue weighted by molar-refractivity contribution is -0.146. The van der Waals surface area contributed by atoms with Crippen LogP contribution in [0.3, 0.4) is 0 Å². The van der Waals surface area contributed by atoms with E-state index in [0.29, 0.717) is 19.3 Å². The highest BCUT2D eigenvalue weighted by Gasteiger charge is 2.45. The number of amides is 1. The van der Waals surface area contributed by atoms with E-state index in [-0.39, 0.29) is 5.91 Å². The first-order chi connectivity index (χ1) is 9.57. The van der Waals surface area contributed by atoms with Gasteiger partial charge < -0.3 is 10.4 Å². The van der Waals surface area contributed by atoms with E-state index >= 15 is 0 Å². The minimum Gasteiger partial charge on any atom is -0.480 e. The van der Waals surface area contributed by atoms with Gasteiger partial charge >= 0.3 is 5.97 Å². The Morgan fingerprint density at radius 2 is 1.95 bits per heavy atom. The number of alkyl halides is 1. The fourth-order valence-electron chi connectivity index (χ4n) is 2.55. The summed E-state index contributed by atoms with van der Waals surface area (Å²) in [4.78, 5) is 23.1. The fraction of sp³-hybridized carbons (Fsp3) is 0.467. The van der Waals surface area contributed by atoms with Crippen LogP contribution in [0.4, 0.5) is 4.39 Å². The first kappa shape index (κ1) is 14.5. The molecule has 1 aliphatic carbocycles. The van der Waals surface area contributed by atoms with Gasteiger partial charge in [-0.15, -0.1) is 0 Å². The zero-order valence-corrected chi connectivity index (χ0v) is 11.1. The molecule has 0 bridgehead atoms. The van der Waals surface area contributed by atoms with Crippen LogP contribution in [0, 0.1) is 5.41 Å². The second-order valence-corrected chi connectivity index (χ2v) is 5.31. The molecule has 0 spiro atoms. The van der Waals surface area contributed by atoms with Gasteiger partial charge in [0.2, 0.25) is 5.91 Å². The number of aliphatic carboxylic acids is 1. The molecular formula is C15H18FNO3. The van der Waals surface area contributed by atoms with Crippen molar-refractivity contribution >= 4 is 11.9 Å². The number of carboxylic acids is 1. The summed E-state index contributed by atoms with van der Waals surface area (Å²) in [7, 11) is 0. The lowest BCUT2D eigenvalue weighted by Gasteiger charge is -2.41. The molecule has 1 aliphatic rings. The molecule has 0 aromatic heterocycles. The van der Waals surface area contributed by atoms with E-state index in [1.54, 1.807) is 0 Å². The predicted molar refractivity (Wildman–Crippen MR) is 72.0 cm³/mol. The molecular weight excluding hydrogens is 261 g/mol. The van der Waals surface area contributed by atoms with Crippen molar-refractivity contribution in [1.29, 1.82) is 0 Å². The van der Waals surface area contributed by atoms with Crippen LogP contribution in [-0.4, -0.2) is 29.7 Å². The monoisotopic (exact) mass is 279 g/mol. The lowest BCUT2D eigenvalue weighted by atomic mass is 9.64. The van der Waals surface area contributed by atoms with Crippen LogP contribution < -0.4 is 5.32 Å². The average molecular weight is 279 g/mol. The largest absolute Gasteiger partial charge is 0.480 e. The quantitative estimate of drug-likeness (QED) is 0.836. The maximum atomic E-state index is 12.6. The lowest BCUT2D eigenvalue weighted by Crippen LogP contribution is -2.53. The van der Waals surface area contributed by atoms with Crippen LogP contribution in [0.1, 0.15) is 24.8 Å². The zero-order chi connectivity index (χ0) is 14.6. The summed E-state index contributed by atoms with van der Waals surface area (Å²) in [6.07, 6.45) is 2.94. The molecule has 1 aromatic carbocycles. The van der Waals surface area contributed by atoms with Gasteiger partial charge in [0.1, 0.15) is 6.67 Å². The van der Waals surface area contributed by atoms with Crippen LogP contribution in [0.15, 0.2) is 30.3 Å². The smallest absolute Gasteiger partial charge is 0.328 e. The molecule has 1 saturated carbocycles. The number of halogens is 1. The first-order valence-corrected chi connectivity index (χ1v) is 6.71. The van der Waals surface area contributed by atoms with E-state index in [4.69, 9.17) is 5.11 Å². The van der Waals surface area contributed by atoms with Gasteiger partial charge in [-0.3, -0.25) is 4.79 Å². The topological polar surface area (TPSA) is 66.4 Å². The molecule has 4 nitrogen and oxygen atoms in total. The summed E-state index contributed by atoms with van der Waals surface area (Å²) in [6, 6.07) is 8.15. The molecule has 2 N–H and O–H groups in total. The van der Waals surface area contributed by atoms with Crippen molar-refractivity contribution in [3.05, 3.63) is 35.9 Å². The highest BCUT2D eigenvalue weighted by molar-refractivity contribution is 5.88. The van der Waals surface area contributed by atoms with Crippen molar-refractivity contribution in [2.24, 2.45) is 5.41 Å². The second kappa shape index (κ2) is 6.03. The zero-order valence-electron chi connectivity index (χ0n) is 11.1. The number of nitrogens with one attached hydrogen (secondary N) is 1. The molecule has 0 saturated heterocycles. The van der Waals surface area contributed by atoms with Crippen molar-refractivity contribution in [2.75, 3.05) is 6.67 Å². The van der Waals surface area contributed by atoms with Crippen LogP contribution in [0.5, 0.6) is 0 Å². The Labute approximate surface area is 117 Å². The van der Waals surface area contributed by atoms with Crippen LogP contribution in [-0.2, 0) is 16.0 Å². The van der Waals surface area contributed by atoms with Gasteiger partial charge in [0.05, 0.1) is 5.41 Å². The molecule has 1 atom stereocenters. The van der Waals surface area contributed by atoms with E-state index in [0.717, 1.165) is 12.0 Å². The van der Waals surface area contributed by atoms with Gasteiger partial charge in [0.25, 0.3) is 0 Å². The summed E-state index contributed by atoms with van der Waals surface area (Å²) in [5.41, 5.74) is 0.457. The normalized spacial score (nSPS) is 17.9. The van der Waals surface area contributed by atoms with Gasteiger partial charge in [-0.2, -0.15) is 0 Å². The van der Waals surface area contributed by atoms with Crippen LogP contribution in [0.2, 0.25) is 0 Å². The minimum absolute atomic E-state index is 0.349. The summed E-state index contributed by atoms with van der Waals surface area (Å²) in [6.45, 7) is -1.09. The number of carbonyl (C=O) groups excluding carboxylic acids is 1. The van der Waals surface area contributed by atoms with Gasteiger partial charge in [0, 0.05) is 0 Å². The number of benzene rings is 1. The Morgan fingerprint density at radius 3 is 2.40 bits per heavy atom. The molecule has 1 unspecified atom stereocenters. The maximum absolute atomic E-state index is 12.6. The average Bonchev–Trinajstić information content (AvgIpc) is 2.40. The van der Waals surface area contributed by atoms with Crippen molar-refractivity contribution in [3.63, 3.8) is 0 Å². The molecule has 20 heavy (non-hydrogen) atoms. The van der Waals surface area contributed by atoms with Crippen molar-refractivity contribution in [2.45, 2.75) is 31.7 Å². The summed E-state index contributed by atoms with van der Waals surface area (Å²) in [5.74, 6) is -1.69. The predicted octanol–water partition coefficient (Wildman–Crippen LogP) is 1.94. The molecule has 1 fully saturated rings. The van der Waals surface area contributed by atoms with Gasteiger partial charge in [-0.1, -0.05) is 36.8 Å². The van der Waals surface area contributed by atoms with Crippen LogP contribution >= 0.6 is 0 Å². The highest BCUT2D eigenvalue weighted by atomic mass is 19.1. The Kier molecular flexibility index (Phi) is 4.37. The molecule has 1 aromatic rings. The minimum atomic E-state index is -1.45. The standard InChI is InChI=1S/C15H18FNO3/c16-10-12(13(18)19)17-14(20)15(7-4-8-15)9-11-5-2-1-3-6-11/h1-3,5-6,12H,4,7-10H2,(H,17,20)(H,18,19). The van der Waals surface area contributed by atoms with E-state index in [1.165, 1.54) is 0 Å². The number of hydrogen-bond donors (Lipinski definition) is 2. The van der Waals surface area contributed by atoms with E-state index in [9.17, 15) is 14.0 Å². The number of carbonyl (C=O) groups is 2. The number of rotatable bonds is 6. The van der Waals surface area contributed by atoms with E-state index in [2.05, 4.69) is 5.32 Å². The van der Waals surface area contributed by atoms with Crippen molar-refractivity contribution < 1.29 is 19.1 Å². The van der Waals surface area contributed by atoms with Crippen molar-refractivity contribution in [3.8, 4) is 0 Å². The third kappa shape index (κ3) is 2.98. The Balaban J connectivity index is 2.07. The van der Waals surface area contributed by atoms with Crippen molar-refractivity contribution in [1.82, 2.24) is 5.32 Å². The third-order valence-corrected chi connectivity index (χ3v) is 3.94. The summed E-state index contributed by atoms with van der Waals surface area (Å²) < 4.78 is 12.6. The number of carboxylic acid groups (broad SMARTS) is 1. The molecule has 108 valence electrons. The third-order valence-electron chi connectivity index (χ3n) is 3.94. The molecule has 1 amide bonds. The van der Waals surface area contributed by atoms with E-state index in [1.807, 2.05) is 30.3 Å². The summed E-state index contributed by atoms with van der Waals surface area (Å²) in [5, 5.41) is 11.1. The Bertz CT molecular complexity index is 485. The first-order valence-electron chi connectivity index (χ1n) is 6.71. The summed E-state index contributed by atoms with van der Waals surface area (Å²) >= 11 is 0. The van der Waals surface area contributed by atoms with Gasteiger partial charge in [-0.05, 0) is 24.8 Å². The fourth-order valence-corrected chi connectivity index (χ4v) is 2.55. The maximum Gasteiger partial charge on any atom is 0.328 e. The van der Waals surface area contributed by atoms with E-state index < -0.39 is 24.1 Å². The van der Waals surface area contributed by atoms with Crippen LogP contribution in [0.25, 0.3) is 0 Å². The SMILES string of the molecule is O=C(O)C(CF)NC(=O)C1(Cc2ccccc2)CCC1. The molecule has 0 heterocycles. The van der Waals surface area contributed by atoms with Gasteiger partial charge in [-0.25, -0.2) is 9.18 Å². The number of hydrogen-bond acceptors (Lipinski definition) is 2. The molecule has 0 aliphatic heterocycles. The van der Waals surface area contributed by atoms with Gasteiger partial charge in [0.15, 0.2) is 6.04 Å². The molecule has 5 heteroatoms. The molecule has 2 rings (SSSR count).